The van der Waals surface area contributed by atoms with Crippen LogP contribution in [0.5, 0.6) is 0 Å². The van der Waals surface area contributed by atoms with Crippen LogP contribution in [0.3, 0.4) is 0 Å². The molecule has 2 aliphatic rings. The fourth-order valence-electron chi connectivity index (χ4n) is 4.53. The fraction of sp³-hybridized carbons (Fsp3) is 0.333. The van der Waals surface area contributed by atoms with E-state index in [0.29, 0.717) is 43.8 Å². The first-order chi connectivity index (χ1) is 14.1. The third kappa shape index (κ3) is 2.63. The molecule has 0 radical (unpaired) electrons. The molecule has 0 bridgehead atoms. The van der Waals surface area contributed by atoms with Crippen LogP contribution in [0.1, 0.15) is 28.9 Å². The van der Waals surface area contributed by atoms with Crippen LogP contribution in [-0.2, 0) is 10.2 Å². The normalized spacial score (nSPS) is 20.8. The number of likely N-dealkylation sites (tertiary alicyclic amines) is 1. The SMILES string of the molecule is O=C(c1ccc2cn[nH]c2n1)N1CCC2(C1)C(=O)N(CCCO)c1ccccc12. The summed E-state index contributed by atoms with van der Waals surface area (Å²) in [7, 11) is 0. The van der Waals surface area contributed by atoms with E-state index in [2.05, 4.69) is 15.2 Å². The molecule has 8 heteroatoms. The van der Waals surface area contributed by atoms with Crippen molar-refractivity contribution in [3.63, 3.8) is 0 Å². The monoisotopic (exact) mass is 391 g/mol. The maximum Gasteiger partial charge on any atom is 0.272 e. The van der Waals surface area contributed by atoms with E-state index < -0.39 is 5.41 Å². The Balaban J connectivity index is 1.45. The molecule has 2 aromatic heterocycles. The van der Waals surface area contributed by atoms with E-state index in [1.165, 1.54) is 0 Å². The molecule has 2 N–H and O–H groups in total. The van der Waals surface area contributed by atoms with Crippen molar-refractivity contribution >= 4 is 28.5 Å². The van der Waals surface area contributed by atoms with E-state index in [1.54, 1.807) is 22.1 Å². The molecule has 1 saturated heterocycles. The molecule has 148 valence electrons. The first kappa shape index (κ1) is 17.8. The molecule has 0 saturated carbocycles. The molecule has 1 fully saturated rings. The van der Waals surface area contributed by atoms with E-state index in [1.807, 2.05) is 30.3 Å². The van der Waals surface area contributed by atoms with Crippen LogP contribution in [0.4, 0.5) is 5.69 Å². The summed E-state index contributed by atoms with van der Waals surface area (Å²) in [5, 5.41) is 16.8. The van der Waals surface area contributed by atoms with E-state index in [9.17, 15) is 14.7 Å². The first-order valence-corrected chi connectivity index (χ1v) is 9.76. The van der Waals surface area contributed by atoms with Gasteiger partial charge in [0.25, 0.3) is 5.91 Å². The number of anilines is 1. The molecular formula is C21H21N5O3. The Labute approximate surface area is 167 Å². The lowest BCUT2D eigenvalue weighted by Crippen LogP contribution is -2.43. The van der Waals surface area contributed by atoms with Crippen LogP contribution in [0.15, 0.2) is 42.6 Å². The molecule has 8 nitrogen and oxygen atoms in total. The summed E-state index contributed by atoms with van der Waals surface area (Å²) in [6.07, 6.45) is 2.76. The van der Waals surface area contributed by atoms with Gasteiger partial charge in [-0.1, -0.05) is 18.2 Å². The highest BCUT2D eigenvalue weighted by Gasteiger charge is 2.54. The maximum absolute atomic E-state index is 13.4. The standard InChI is InChI=1S/C21H21N5O3/c27-11-3-9-26-17-5-2-1-4-15(17)21(20(26)29)8-10-25(13-21)19(28)16-7-6-14-12-22-24-18(14)23-16/h1-2,4-7,12,27H,3,8-11,13H2,(H,22,23,24). The zero-order valence-electron chi connectivity index (χ0n) is 15.8. The number of nitrogens with one attached hydrogen (secondary N) is 1. The third-order valence-corrected chi connectivity index (χ3v) is 5.98. The van der Waals surface area contributed by atoms with Crippen molar-refractivity contribution in [2.24, 2.45) is 0 Å². The van der Waals surface area contributed by atoms with Gasteiger partial charge < -0.3 is 14.9 Å². The van der Waals surface area contributed by atoms with Gasteiger partial charge in [0, 0.05) is 37.3 Å². The quantitative estimate of drug-likeness (QED) is 0.701. The number of benzene rings is 1. The number of aromatic amines is 1. The van der Waals surface area contributed by atoms with Crippen LogP contribution in [0.2, 0.25) is 0 Å². The van der Waals surface area contributed by atoms with Gasteiger partial charge in [0.2, 0.25) is 5.91 Å². The Kier molecular flexibility index (Phi) is 4.09. The van der Waals surface area contributed by atoms with E-state index in [-0.39, 0.29) is 18.4 Å². The minimum Gasteiger partial charge on any atom is -0.396 e. The zero-order chi connectivity index (χ0) is 20.0. The highest BCUT2D eigenvalue weighted by molar-refractivity contribution is 6.09. The zero-order valence-corrected chi connectivity index (χ0v) is 15.8. The summed E-state index contributed by atoms with van der Waals surface area (Å²) in [6, 6.07) is 11.3. The van der Waals surface area contributed by atoms with Gasteiger partial charge in [-0.15, -0.1) is 0 Å². The summed E-state index contributed by atoms with van der Waals surface area (Å²) >= 11 is 0. The average Bonchev–Trinajstić information content (AvgIpc) is 3.45. The Morgan fingerprint density at radius 1 is 1.24 bits per heavy atom. The molecule has 5 rings (SSSR count). The lowest BCUT2D eigenvalue weighted by atomic mass is 9.81. The third-order valence-electron chi connectivity index (χ3n) is 5.98. The van der Waals surface area contributed by atoms with Crippen LogP contribution in [0, 0.1) is 0 Å². The predicted molar refractivity (Wildman–Crippen MR) is 107 cm³/mol. The number of carbonyl (C=O) groups is 2. The lowest BCUT2D eigenvalue weighted by Gasteiger charge is -2.24. The number of aliphatic hydroxyl groups excluding tert-OH is 1. The van der Waals surface area contributed by atoms with Gasteiger partial charge >= 0.3 is 0 Å². The molecule has 0 aliphatic carbocycles. The van der Waals surface area contributed by atoms with Crippen LogP contribution in [0.25, 0.3) is 11.0 Å². The van der Waals surface area contributed by atoms with Crippen molar-refractivity contribution in [2.75, 3.05) is 31.1 Å². The van der Waals surface area contributed by atoms with Crippen molar-refractivity contribution in [1.82, 2.24) is 20.1 Å². The number of para-hydroxylation sites is 1. The van der Waals surface area contributed by atoms with Crippen molar-refractivity contribution in [2.45, 2.75) is 18.3 Å². The topological polar surface area (TPSA) is 102 Å². The number of aliphatic hydroxyl groups is 1. The molecule has 2 amide bonds. The molecule has 1 aromatic carbocycles. The van der Waals surface area contributed by atoms with Gasteiger partial charge in [-0.25, -0.2) is 4.98 Å². The summed E-state index contributed by atoms with van der Waals surface area (Å²) in [5.41, 5.74) is 2.05. The van der Waals surface area contributed by atoms with E-state index >= 15 is 0 Å². The summed E-state index contributed by atoms with van der Waals surface area (Å²) < 4.78 is 0. The number of hydrogen-bond donors (Lipinski definition) is 2. The Hall–Kier alpha value is -3.26. The fourth-order valence-corrected chi connectivity index (χ4v) is 4.53. The second-order valence-corrected chi connectivity index (χ2v) is 7.61. The summed E-state index contributed by atoms with van der Waals surface area (Å²) in [4.78, 5) is 34.4. The van der Waals surface area contributed by atoms with E-state index in [0.717, 1.165) is 16.6 Å². The second-order valence-electron chi connectivity index (χ2n) is 7.61. The number of nitrogens with zero attached hydrogens (tertiary/aromatic N) is 4. The van der Waals surface area contributed by atoms with Gasteiger partial charge in [0.05, 0.1) is 11.6 Å². The minimum atomic E-state index is -0.722. The predicted octanol–water partition coefficient (Wildman–Crippen LogP) is 1.47. The number of amides is 2. The number of aromatic nitrogens is 3. The highest BCUT2D eigenvalue weighted by Crippen LogP contribution is 2.47. The average molecular weight is 391 g/mol. The molecule has 1 atom stereocenters. The van der Waals surface area contributed by atoms with Crippen molar-refractivity contribution in [1.29, 1.82) is 0 Å². The van der Waals surface area contributed by atoms with Gasteiger partial charge in [0.15, 0.2) is 5.65 Å². The Morgan fingerprint density at radius 2 is 2.10 bits per heavy atom. The van der Waals surface area contributed by atoms with Crippen molar-refractivity contribution < 1.29 is 14.7 Å². The van der Waals surface area contributed by atoms with Gasteiger partial charge in [-0.05, 0) is 36.6 Å². The number of H-pyrrole nitrogens is 1. The highest BCUT2D eigenvalue weighted by atomic mass is 16.3. The van der Waals surface area contributed by atoms with Crippen LogP contribution < -0.4 is 4.90 Å². The molecule has 29 heavy (non-hydrogen) atoms. The number of fused-ring (bicyclic) bond motifs is 3. The smallest absolute Gasteiger partial charge is 0.272 e. The van der Waals surface area contributed by atoms with Crippen molar-refractivity contribution in [3.8, 4) is 0 Å². The number of carbonyl (C=O) groups excluding carboxylic acids is 2. The first-order valence-electron chi connectivity index (χ1n) is 9.76. The number of rotatable bonds is 4. The van der Waals surface area contributed by atoms with Crippen LogP contribution in [-0.4, -0.2) is 63.2 Å². The van der Waals surface area contributed by atoms with E-state index in [4.69, 9.17) is 0 Å². The largest absolute Gasteiger partial charge is 0.396 e. The number of hydrogen-bond acceptors (Lipinski definition) is 5. The molecule has 4 heterocycles. The molecule has 1 unspecified atom stereocenters. The lowest BCUT2D eigenvalue weighted by molar-refractivity contribution is -0.122. The number of pyridine rings is 1. The molecule has 3 aromatic rings. The van der Waals surface area contributed by atoms with Gasteiger partial charge in [-0.2, -0.15) is 5.10 Å². The van der Waals surface area contributed by atoms with Gasteiger partial charge in [0.1, 0.15) is 5.69 Å². The van der Waals surface area contributed by atoms with Crippen LogP contribution >= 0.6 is 0 Å². The van der Waals surface area contributed by atoms with Crippen molar-refractivity contribution in [3.05, 3.63) is 53.9 Å². The second kappa shape index (κ2) is 6.66. The Morgan fingerprint density at radius 3 is 2.97 bits per heavy atom. The minimum absolute atomic E-state index is 0.0134. The maximum atomic E-state index is 13.4. The summed E-state index contributed by atoms with van der Waals surface area (Å²) in [5.74, 6) is -0.170. The molecule has 2 aliphatic heterocycles. The molecule has 1 spiro atoms. The molecular weight excluding hydrogens is 370 g/mol. The van der Waals surface area contributed by atoms with Gasteiger partial charge in [-0.3, -0.25) is 14.7 Å². The Bertz CT molecular complexity index is 1110. The summed E-state index contributed by atoms with van der Waals surface area (Å²) in [6.45, 7) is 1.33.